The van der Waals surface area contributed by atoms with E-state index < -0.39 is 5.97 Å². The maximum atomic E-state index is 10.9. The molecule has 0 aliphatic heterocycles. The number of hydrogen-bond acceptors (Lipinski definition) is 2. The number of halogens is 1. The lowest BCUT2D eigenvalue weighted by atomic mass is 9.91. The number of methoxy groups -OCH3 is 1. The molecular formula is C13H15BrO3. The molecule has 1 aliphatic carbocycles. The highest BCUT2D eigenvalue weighted by Gasteiger charge is 2.34. The largest absolute Gasteiger partial charge is 0.497 e. The number of ether oxygens (including phenoxy) is 1. The van der Waals surface area contributed by atoms with Gasteiger partial charge in [-0.15, -0.1) is 0 Å². The van der Waals surface area contributed by atoms with Gasteiger partial charge in [0.15, 0.2) is 0 Å². The minimum atomic E-state index is -0.732. The Hall–Kier alpha value is -1.03. The van der Waals surface area contributed by atoms with E-state index in [1.807, 2.05) is 18.2 Å². The van der Waals surface area contributed by atoms with Crippen LogP contribution < -0.4 is 4.74 Å². The normalized spacial score (nSPS) is 16.6. The molecule has 3 nitrogen and oxygen atoms in total. The van der Waals surface area contributed by atoms with Crippen molar-refractivity contribution < 1.29 is 14.6 Å². The number of carboxylic acid groups (broad SMARTS) is 1. The molecule has 0 amide bonds. The summed E-state index contributed by atoms with van der Waals surface area (Å²) < 4.78 is 6.08. The number of carboxylic acids is 1. The fourth-order valence-corrected chi connectivity index (χ4v) is 2.80. The smallest absolute Gasteiger partial charge is 0.303 e. The number of carbonyl (C=O) groups is 1. The van der Waals surface area contributed by atoms with Crippen molar-refractivity contribution in [1.29, 1.82) is 0 Å². The van der Waals surface area contributed by atoms with E-state index >= 15 is 0 Å². The van der Waals surface area contributed by atoms with Crippen molar-refractivity contribution >= 4 is 21.9 Å². The maximum absolute atomic E-state index is 10.9. The minimum Gasteiger partial charge on any atom is -0.497 e. The average molecular weight is 299 g/mol. The SMILES string of the molecule is COc1ccc(C(CC(=O)O)C2CC2)c(Br)c1. The van der Waals surface area contributed by atoms with Gasteiger partial charge in [-0.05, 0) is 42.4 Å². The zero-order valence-corrected chi connectivity index (χ0v) is 11.2. The Bertz CT molecular complexity index is 427. The molecule has 0 heterocycles. The molecule has 0 aromatic heterocycles. The number of aliphatic carboxylic acids is 1. The molecular weight excluding hydrogens is 284 g/mol. The molecule has 0 bridgehead atoms. The van der Waals surface area contributed by atoms with Crippen molar-refractivity contribution in [2.24, 2.45) is 5.92 Å². The van der Waals surface area contributed by atoms with Crippen LogP contribution in [-0.2, 0) is 4.79 Å². The van der Waals surface area contributed by atoms with Crippen LogP contribution in [0.1, 0.15) is 30.7 Å². The second kappa shape index (κ2) is 5.08. The van der Waals surface area contributed by atoms with Crippen molar-refractivity contribution in [3.05, 3.63) is 28.2 Å². The number of hydrogen-bond donors (Lipinski definition) is 1. The van der Waals surface area contributed by atoms with Gasteiger partial charge >= 0.3 is 5.97 Å². The van der Waals surface area contributed by atoms with Crippen LogP contribution in [0.4, 0.5) is 0 Å². The van der Waals surface area contributed by atoms with E-state index in [9.17, 15) is 4.79 Å². The van der Waals surface area contributed by atoms with Gasteiger partial charge in [0.25, 0.3) is 0 Å². The van der Waals surface area contributed by atoms with Crippen molar-refractivity contribution in [3.8, 4) is 5.75 Å². The molecule has 1 aliphatic rings. The minimum absolute atomic E-state index is 0.118. The fourth-order valence-electron chi connectivity index (χ4n) is 2.15. The molecule has 0 radical (unpaired) electrons. The summed E-state index contributed by atoms with van der Waals surface area (Å²) in [6.07, 6.45) is 2.47. The second-order valence-electron chi connectivity index (χ2n) is 4.43. The van der Waals surface area contributed by atoms with E-state index in [1.54, 1.807) is 7.11 Å². The standard InChI is InChI=1S/C13H15BrO3/c1-17-9-4-5-10(12(14)6-9)11(7-13(15)16)8-2-3-8/h4-6,8,11H,2-3,7H2,1H3,(H,15,16). The zero-order valence-electron chi connectivity index (χ0n) is 9.65. The highest BCUT2D eigenvalue weighted by atomic mass is 79.9. The van der Waals surface area contributed by atoms with Gasteiger partial charge < -0.3 is 9.84 Å². The molecule has 1 aromatic rings. The molecule has 17 heavy (non-hydrogen) atoms. The highest BCUT2D eigenvalue weighted by Crippen LogP contribution is 2.46. The Morgan fingerprint density at radius 1 is 1.59 bits per heavy atom. The zero-order chi connectivity index (χ0) is 12.4. The van der Waals surface area contributed by atoms with Crippen LogP contribution >= 0.6 is 15.9 Å². The lowest BCUT2D eigenvalue weighted by Crippen LogP contribution is -2.09. The predicted molar refractivity (Wildman–Crippen MR) is 68.4 cm³/mol. The van der Waals surface area contributed by atoms with Crippen LogP contribution in [0.15, 0.2) is 22.7 Å². The summed E-state index contributed by atoms with van der Waals surface area (Å²) in [4.78, 5) is 10.9. The van der Waals surface area contributed by atoms with Crippen LogP contribution in [0.3, 0.4) is 0 Å². The van der Waals surface area contributed by atoms with Crippen molar-refractivity contribution in [2.75, 3.05) is 7.11 Å². The number of benzene rings is 1. The van der Waals surface area contributed by atoms with Gasteiger partial charge in [0.2, 0.25) is 0 Å². The quantitative estimate of drug-likeness (QED) is 0.906. The van der Waals surface area contributed by atoms with Crippen LogP contribution in [0, 0.1) is 5.92 Å². The Morgan fingerprint density at radius 2 is 2.29 bits per heavy atom. The van der Waals surface area contributed by atoms with Crippen LogP contribution in [0.25, 0.3) is 0 Å². The lowest BCUT2D eigenvalue weighted by Gasteiger charge is -2.16. The van der Waals surface area contributed by atoms with Gasteiger partial charge in [-0.2, -0.15) is 0 Å². The Kier molecular flexibility index (Phi) is 3.72. The second-order valence-corrected chi connectivity index (χ2v) is 5.28. The monoisotopic (exact) mass is 298 g/mol. The third-order valence-corrected chi connectivity index (χ3v) is 3.88. The molecule has 0 spiro atoms. The lowest BCUT2D eigenvalue weighted by molar-refractivity contribution is -0.137. The van der Waals surface area contributed by atoms with E-state index in [0.29, 0.717) is 5.92 Å². The average Bonchev–Trinajstić information content (AvgIpc) is 3.09. The first-order valence-electron chi connectivity index (χ1n) is 5.67. The van der Waals surface area contributed by atoms with Gasteiger partial charge in [-0.3, -0.25) is 4.79 Å². The van der Waals surface area contributed by atoms with Gasteiger partial charge in [0.05, 0.1) is 13.5 Å². The van der Waals surface area contributed by atoms with Crippen molar-refractivity contribution in [1.82, 2.24) is 0 Å². The van der Waals surface area contributed by atoms with Crippen LogP contribution in [0.2, 0.25) is 0 Å². The van der Waals surface area contributed by atoms with Gasteiger partial charge in [-0.25, -0.2) is 0 Å². The Balaban J connectivity index is 2.25. The van der Waals surface area contributed by atoms with E-state index in [-0.39, 0.29) is 12.3 Å². The van der Waals surface area contributed by atoms with E-state index in [1.165, 1.54) is 0 Å². The fraction of sp³-hybridized carbons (Fsp3) is 0.462. The summed E-state index contributed by atoms with van der Waals surface area (Å²) in [5.41, 5.74) is 1.08. The first-order valence-corrected chi connectivity index (χ1v) is 6.46. The maximum Gasteiger partial charge on any atom is 0.303 e. The van der Waals surface area contributed by atoms with Crippen LogP contribution in [0.5, 0.6) is 5.75 Å². The first-order chi connectivity index (χ1) is 8.11. The highest BCUT2D eigenvalue weighted by molar-refractivity contribution is 9.10. The van der Waals surface area contributed by atoms with Crippen molar-refractivity contribution in [3.63, 3.8) is 0 Å². The molecule has 1 aromatic carbocycles. The predicted octanol–water partition coefficient (Wildman–Crippen LogP) is 3.43. The summed E-state index contributed by atoms with van der Waals surface area (Å²) >= 11 is 3.50. The molecule has 92 valence electrons. The summed E-state index contributed by atoms with van der Waals surface area (Å²) in [6, 6.07) is 5.75. The third-order valence-electron chi connectivity index (χ3n) is 3.19. The van der Waals surface area contributed by atoms with Gasteiger partial charge in [0.1, 0.15) is 5.75 Å². The molecule has 1 atom stereocenters. The van der Waals surface area contributed by atoms with Gasteiger partial charge in [0, 0.05) is 4.47 Å². The third kappa shape index (κ3) is 3.00. The van der Waals surface area contributed by atoms with E-state index in [0.717, 1.165) is 28.6 Å². The first kappa shape index (κ1) is 12.4. The van der Waals surface area contributed by atoms with E-state index in [2.05, 4.69) is 15.9 Å². The summed E-state index contributed by atoms with van der Waals surface area (Å²) in [6.45, 7) is 0. The van der Waals surface area contributed by atoms with Crippen molar-refractivity contribution in [2.45, 2.75) is 25.2 Å². The molecule has 0 saturated heterocycles. The summed E-state index contributed by atoms with van der Waals surface area (Å²) in [5.74, 6) is 0.693. The molecule has 1 fully saturated rings. The Labute approximate surface area is 109 Å². The molecule has 1 N–H and O–H groups in total. The topological polar surface area (TPSA) is 46.5 Å². The molecule has 1 saturated carbocycles. The molecule has 4 heteroatoms. The van der Waals surface area contributed by atoms with Crippen LogP contribution in [-0.4, -0.2) is 18.2 Å². The molecule has 1 unspecified atom stereocenters. The van der Waals surface area contributed by atoms with E-state index in [4.69, 9.17) is 9.84 Å². The molecule has 2 rings (SSSR count). The van der Waals surface area contributed by atoms with Gasteiger partial charge in [-0.1, -0.05) is 22.0 Å². The number of rotatable bonds is 5. The summed E-state index contributed by atoms with van der Waals surface area (Å²) in [5, 5.41) is 8.97. The summed E-state index contributed by atoms with van der Waals surface area (Å²) in [7, 11) is 1.62. The Morgan fingerprint density at radius 3 is 2.76 bits per heavy atom.